The molecule has 0 aliphatic heterocycles. The van der Waals surface area contributed by atoms with Gasteiger partial charge in [0.25, 0.3) is 0 Å². The van der Waals surface area contributed by atoms with Gasteiger partial charge in [0, 0.05) is 31.7 Å². The van der Waals surface area contributed by atoms with Crippen LogP contribution in [0.5, 0.6) is 0 Å². The number of rotatable bonds is 5. The van der Waals surface area contributed by atoms with Crippen molar-refractivity contribution in [2.45, 2.75) is 18.3 Å². The Kier molecular flexibility index (Phi) is 7.56. The largest absolute Gasteiger partial charge is 0.305 e. The molecule has 6 aromatic rings. The Morgan fingerprint density at radius 2 is 1.09 bits per heavy atom. The van der Waals surface area contributed by atoms with Crippen molar-refractivity contribution in [1.29, 1.82) is 0 Å². The van der Waals surface area contributed by atoms with Crippen LogP contribution in [0.1, 0.15) is 44.5 Å². The van der Waals surface area contributed by atoms with E-state index in [0.29, 0.717) is 0 Å². The molecule has 1 spiro atoms. The van der Waals surface area contributed by atoms with Crippen molar-refractivity contribution in [3.05, 3.63) is 184 Å². The Morgan fingerprint density at radius 1 is 0.545 bits per heavy atom. The molecule has 2 aliphatic carbocycles. The van der Waals surface area contributed by atoms with Gasteiger partial charge in [0.1, 0.15) is 0 Å². The predicted octanol–water partition coefficient (Wildman–Crippen LogP) is 9.95. The Morgan fingerprint density at radius 3 is 1.66 bits per heavy atom. The Labute approximate surface area is 273 Å². The van der Waals surface area contributed by atoms with Crippen LogP contribution < -0.4 is 0 Å². The van der Waals surface area contributed by atoms with Crippen molar-refractivity contribution >= 4 is 24.3 Å². The average Bonchev–Trinajstić information content (AvgIpc) is 3.59. The fourth-order valence-corrected chi connectivity index (χ4v) is 6.91. The summed E-state index contributed by atoms with van der Waals surface area (Å²) in [6.07, 6.45) is 12.7. The van der Waals surface area contributed by atoms with E-state index in [4.69, 9.17) is 0 Å². The molecule has 2 aliphatic rings. The smallest absolute Gasteiger partial charge is 0.0201 e. The van der Waals surface area contributed by atoms with E-state index < -0.39 is 0 Å². The third kappa shape index (κ3) is 5.11. The second kappa shape index (κ2) is 11.8. The van der Waals surface area contributed by atoms with Crippen LogP contribution in [0.3, 0.4) is 0 Å². The zero-order chi connectivity index (χ0) is 28.6. The first kappa shape index (κ1) is 28.2. The van der Waals surface area contributed by atoms with Gasteiger partial charge in [-0.05, 0) is 69.1 Å². The summed E-state index contributed by atoms with van der Waals surface area (Å²) in [5.41, 5.74) is 15.2. The average molecular weight is 741 g/mol. The van der Waals surface area contributed by atoms with Crippen molar-refractivity contribution < 1.29 is 20.1 Å². The number of nitrogens with zero attached hydrogens (tertiary/aromatic N) is 1. The molecule has 213 valence electrons. The summed E-state index contributed by atoms with van der Waals surface area (Å²) in [6.45, 7) is 0. The van der Waals surface area contributed by atoms with E-state index in [1.54, 1.807) is 0 Å². The van der Waals surface area contributed by atoms with Gasteiger partial charge in [-0.2, -0.15) is 0 Å². The van der Waals surface area contributed by atoms with Gasteiger partial charge in [0.2, 0.25) is 0 Å². The second-order valence-electron chi connectivity index (χ2n) is 11.6. The van der Waals surface area contributed by atoms with Gasteiger partial charge in [-0.3, -0.25) is 0 Å². The van der Waals surface area contributed by atoms with Gasteiger partial charge in [0.15, 0.2) is 0 Å². The SMILES string of the molecule is [Ir].[c-]1cc2c(cc1-c1ccccn1)CC1(C2)c2cc(/C=C/c3ccccc3)ccc2-c2ccc(/C=C/c3ccccc3)cc21. The van der Waals surface area contributed by atoms with Gasteiger partial charge in [-0.15, -0.1) is 34.9 Å². The number of pyridine rings is 1. The van der Waals surface area contributed by atoms with Crippen LogP contribution in [0.4, 0.5) is 0 Å². The summed E-state index contributed by atoms with van der Waals surface area (Å²) in [6, 6.07) is 49.3. The van der Waals surface area contributed by atoms with Gasteiger partial charge in [0.05, 0.1) is 0 Å². The molecule has 2 heteroatoms. The molecular formula is C42H30IrN-. The maximum Gasteiger partial charge on any atom is 0.0201 e. The number of hydrogen-bond acceptors (Lipinski definition) is 1. The van der Waals surface area contributed by atoms with E-state index in [2.05, 4.69) is 151 Å². The first-order valence-corrected chi connectivity index (χ1v) is 15.0. The van der Waals surface area contributed by atoms with Crippen LogP contribution in [0.15, 0.2) is 134 Å². The number of hydrogen-bond donors (Lipinski definition) is 0. The van der Waals surface area contributed by atoms with Gasteiger partial charge < -0.3 is 4.98 Å². The number of aromatic nitrogens is 1. The first-order chi connectivity index (χ1) is 21.2. The van der Waals surface area contributed by atoms with Crippen LogP contribution in [0.2, 0.25) is 0 Å². The molecule has 1 radical (unpaired) electrons. The Bertz CT molecular complexity index is 1910. The van der Waals surface area contributed by atoms with Gasteiger partial charge in [-0.1, -0.05) is 133 Å². The maximum atomic E-state index is 4.60. The third-order valence-corrected chi connectivity index (χ3v) is 9.00. The summed E-state index contributed by atoms with van der Waals surface area (Å²) < 4.78 is 0. The van der Waals surface area contributed by atoms with E-state index in [0.717, 1.165) is 24.1 Å². The molecule has 0 saturated carbocycles. The fourth-order valence-electron chi connectivity index (χ4n) is 6.91. The van der Waals surface area contributed by atoms with Crippen LogP contribution in [-0.2, 0) is 38.4 Å². The summed E-state index contributed by atoms with van der Waals surface area (Å²) in [5.74, 6) is 0. The molecule has 1 aromatic heterocycles. The minimum Gasteiger partial charge on any atom is -0.305 e. The standard InChI is InChI=1S/C42H30N.Ir/c1-3-9-30(10-4-1)14-16-32-18-22-37-38-23-19-33(17-15-31-11-5-2-6-12-31)26-40(38)42(39(37)25-32)28-35-21-20-34(27-36(35)29-42)41-13-7-8-24-43-41;/h1-19,21-27H,28-29H2;/q-1;/b16-14+,17-15+;. The molecule has 0 fully saturated rings. The first-order valence-electron chi connectivity index (χ1n) is 15.0. The van der Waals surface area contributed by atoms with E-state index in [9.17, 15) is 0 Å². The van der Waals surface area contributed by atoms with Crippen molar-refractivity contribution in [2.75, 3.05) is 0 Å². The summed E-state index contributed by atoms with van der Waals surface area (Å²) >= 11 is 0. The summed E-state index contributed by atoms with van der Waals surface area (Å²) in [5, 5.41) is 0. The molecule has 0 N–H and O–H groups in total. The number of benzene rings is 5. The van der Waals surface area contributed by atoms with E-state index in [-0.39, 0.29) is 25.5 Å². The summed E-state index contributed by atoms with van der Waals surface area (Å²) in [4.78, 5) is 4.60. The van der Waals surface area contributed by atoms with Crippen molar-refractivity contribution in [2.24, 2.45) is 0 Å². The predicted molar refractivity (Wildman–Crippen MR) is 179 cm³/mol. The minimum absolute atomic E-state index is 0. The molecule has 1 nitrogen and oxygen atoms in total. The van der Waals surface area contributed by atoms with E-state index >= 15 is 0 Å². The van der Waals surface area contributed by atoms with Gasteiger partial charge in [-0.25, -0.2) is 0 Å². The minimum atomic E-state index is -0.114. The van der Waals surface area contributed by atoms with E-state index in [1.165, 1.54) is 55.6 Å². The number of fused-ring (bicyclic) bond motifs is 6. The molecule has 0 unspecified atom stereocenters. The Hall–Kier alpha value is -4.62. The third-order valence-electron chi connectivity index (χ3n) is 9.00. The maximum absolute atomic E-state index is 4.60. The van der Waals surface area contributed by atoms with Crippen molar-refractivity contribution in [3.63, 3.8) is 0 Å². The normalized spacial score (nSPS) is 14.0. The molecular weight excluding hydrogens is 711 g/mol. The molecule has 8 rings (SSSR count). The molecule has 44 heavy (non-hydrogen) atoms. The zero-order valence-electron chi connectivity index (χ0n) is 24.2. The summed E-state index contributed by atoms with van der Waals surface area (Å²) in [7, 11) is 0. The zero-order valence-corrected chi connectivity index (χ0v) is 26.6. The molecule has 0 amide bonds. The fraction of sp³-hybridized carbons (Fsp3) is 0.0714. The quantitative estimate of drug-likeness (QED) is 0.127. The van der Waals surface area contributed by atoms with Gasteiger partial charge >= 0.3 is 0 Å². The van der Waals surface area contributed by atoms with Crippen LogP contribution in [-0.4, -0.2) is 4.98 Å². The van der Waals surface area contributed by atoms with Crippen molar-refractivity contribution in [1.82, 2.24) is 4.98 Å². The molecule has 0 saturated heterocycles. The second-order valence-corrected chi connectivity index (χ2v) is 11.6. The molecule has 0 atom stereocenters. The Balaban J connectivity index is 0.00000312. The monoisotopic (exact) mass is 741 g/mol. The topological polar surface area (TPSA) is 12.9 Å². The van der Waals surface area contributed by atoms with Crippen molar-refractivity contribution in [3.8, 4) is 22.4 Å². The molecule has 1 heterocycles. The van der Waals surface area contributed by atoms with E-state index in [1.807, 2.05) is 18.3 Å². The van der Waals surface area contributed by atoms with Crippen LogP contribution >= 0.6 is 0 Å². The molecule has 0 bridgehead atoms. The van der Waals surface area contributed by atoms with Crippen LogP contribution in [0, 0.1) is 6.07 Å². The van der Waals surface area contributed by atoms with Crippen LogP contribution in [0.25, 0.3) is 46.7 Å². The molecule has 5 aromatic carbocycles.